The van der Waals surface area contributed by atoms with Crippen molar-refractivity contribution in [3.63, 3.8) is 0 Å². The predicted octanol–water partition coefficient (Wildman–Crippen LogP) is 3.23. The molecule has 0 aliphatic carbocycles. The second-order valence-corrected chi connectivity index (χ2v) is 18.0. The van der Waals surface area contributed by atoms with Gasteiger partial charge in [-0.15, -0.1) is 11.8 Å². The quantitative estimate of drug-likeness (QED) is 0.106. The first-order chi connectivity index (χ1) is 24.0. The van der Waals surface area contributed by atoms with Gasteiger partial charge in [0.1, 0.15) is 11.5 Å². The number of esters is 2. The molecule has 0 aliphatic rings. The lowest BCUT2D eigenvalue weighted by molar-refractivity contribution is -0.140. The molecule has 0 radical (unpaired) electrons. The van der Waals surface area contributed by atoms with Crippen LogP contribution >= 0.6 is 24.4 Å². The van der Waals surface area contributed by atoms with E-state index < -0.39 is 30.2 Å². The normalized spacial score (nSPS) is 11.6. The van der Waals surface area contributed by atoms with Crippen LogP contribution in [0.2, 0.25) is 0 Å². The van der Waals surface area contributed by atoms with E-state index in [1.165, 1.54) is 44.4 Å². The van der Waals surface area contributed by atoms with Gasteiger partial charge in [0.15, 0.2) is 0 Å². The average molecular weight is 833 g/mol. The van der Waals surface area contributed by atoms with Gasteiger partial charge >= 0.3 is 11.9 Å². The summed E-state index contributed by atoms with van der Waals surface area (Å²) < 4.78 is 98.8. The van der Waals surface area contributed by atoms with Crippen LogP contribution in [0, 0.1) is 27.7 Å². The molecule has 0 amide bonds. The Labute approximate surface area is 319 Å². The number of sulfonamides is 2. The molecule has 0 heterocycles. The third kappa shape index (κ3) is 16.6. The average Bonchev–Trinajstić information content (AvgIpc) is 3.05. The van der Waals surface area contributed by atoms with Crippen molar-refractivity contribution in [3.8, 4) is 11.5 Å². The summed E-state index contributed by atoms with van der Waals surface area (Å²) in [5.41, 5.74) is 2.42. The van der Waals surface area contributed by atoms with Gasteiger partial charge in [0.2, 0.25) is 20.0 Å². The molecule has 15 nitrogen and oxygen atoms in total. The van der Waals surface area contributed by atoms with E-state index >= 15 is 0 Å². The molecule has 2 rings (SSSR count). The fourth-order valence-corrected chi connectivity index (χ4v) is 8.90. The molecular weight excluding hydrogens is 781 g/mol. The Morgan fingerprint density at radius 3 is 1.44 bits per heavy atom. The van der Waals surface area contributed by atoms with E-state index in [1.807, 2.05) is 0 Å². The number of methoxy groups -OCH3 is 3. The molecule has 0 bridgehead atoms. The fourth-order valence-electron chi connectivity index (χ4n) is 4.35. The summed E-state index contributed by atoms with van der Waals surface area (Å²) in [6.07, 6.45) is 0.916. The molecule has 20 heteroatoms. The Morgan fingerprint density at radius 2 is 1.13 bits per heavy atom. The van der Waals surface area contributed by atoms with Crippen molar-refractivity contribution in [2.24, 2.45) is 0 Å². The van der Waals surface area contributed by atoms with Gasteiger partial charge in [0.25, 0.3) is 10.1 Å². The highest BCUT2D eigenvalue weighted by Crippen LogP contribution is 2.29. The minimum atomic E-state index is -3.74. The zero-order valence-electron chi connectivity index (χ0n) is 31.5. The lowest BCUT2D eigenvalue weighted by Crippen LogP contribution is -2.31. The Kier molecular flexibility index (Phi) is 22.1. The number of hydrogen-bond acceptors (Lipinski definition) is 15. The smallest absolute Gasteiger partial charge is 0.315 e. The Morgan fingerprint density at radius 1 is 0.731 bits per heavy atom. The molecule has 52 heavy (non-hydrogen) atoms. The molecular formula is C32H52N2O13S5. The topological polar surface area (TPSA) is 189 Å². The van der Waals surface area contributed by atoms with Gasteiger partial charge in [-0.1, -0.05) is 0 Å². The van der Waals surface area contributed by atoms with E-state index in [2.05, 4.69) is 26.3 Å². The van der Waals surface area contributed by atoms with E-state index in [0.29, 0.717) is 57.6 Å². The number of thioether (sulfide) groups is 1. The van der Waals surface area contributed by atoms with Crippen molar-refractivity contribution in [2.75, 3.05) is 85.2 Å². The molecule has 0 fully saturated rings. The Hall–Kier alpha value is -2.59. The summed E-state index contributed by atoms with van der Waals surface area (Å²) in [6, 6.07) is 6.70. The summed E-state index contributed by atoms with van der Waals surface area (Å²) in [7, 11) is -3.61. The molecule has 0 unspecified atom stereocenters. The van der Waals surface area contributed by atoms with E-state index in [-0.39, 0.29) is 41.5 Å². The number of ether oxygens (including phenoxy) is 4. The second-order valence-electron chi connectivity index (χ2n) is 11.0. The second kappa shape index (κ2) is 23.3. The maximum atomic E-state index is 12.7. The maximum absolute atomic E-state index is 12.7. The molecule has 0 N–H and O–H groups in total. The number of rotatable bonds is 17. The first-order valence-corrected chi connectivity index (χ1v) is 22.0. The monoisotopic (exact) mass is 832 g/mol. The number of thiol groups is 1. The van der Waals surface area contributed by atoms with Crippen LogP contribution in [-0.4, -0.2) is 131 Å². The first kappa shape index (κ1) is 49.4. The number of hydrogen-bond donors (Lipinski definition) is 1. The predicted molar refractivity (Wildman–Crippen MR) is 205 cm³/mol. The minimum absolute atomic E-state index is 0.0691. The summed E-state index contributed by atoms with van der Waals surface area (Å²) in [6.45, 7) is 9.09. The lowest BCUT2D eigenvalue weighted by atomic mass is 10.1. The molecule has 2 aromatic rings. The highest BCUT2D eigenvalue weighted by molar-refractivity contribution is 8.00. The van der Waals surface area contributed by atoms with Gasteiger partial charge in [-0.3, -0.25) is 13.8 Å². The molecule has 2 aromatic carbocycles. The molecule has 298 valence electrons. The highest BCUT2D eigenvalue weighted by Gasteiger charge is 2.26. The van der Waals surface area contributed by atoms with E-state index in [1.54, 1.807) is 66.0 Å². The van der Waals surface area contributed by atoms with Gasteiger partial charge < -0.3 is 18.9 Å². The number of carbonyl (C=O) groups is 2. The summed E-state index contributed by atoms with van der Waals surface area (Å²) in [4.78, 5) is 21.6. The zero-order valence-corrected chi connectivity index (χ0v) is 35.7. The van der Waals surface area contributed by atoms with Crippen LogP contribution in [0.4, 0.5) is 0 Å². The molecule has 0 saturated heterocycles. The first-order valence-electron chi connectivity index (χ1n) is 15.5. The summed E-state index contributed by atoms with van der Waals surface area (Å²) in [5.74, 6) is 1.54. The van der Waals surface area contributed by atoms with Crippen LogP contribution < -0.4 is 9.47 Å². The summed E-state index contributed by atoms with van der Waals surface area (Å²) in [5, 5.41) is 0. The Bertz CT molecular complexity index is 1750. The lowest BCUT2D eigenvalue weighted by Gasteiger charge is -2.20. The van der Waals surface area contributed by atoms with E-state index in [0.717, 1.165) is 10.6 Å². The van der Waals surface area contributed by atoms with Crippen LogP contribution in [0.15, 0.2) is 34.1 Å². The maximum Gasteiger partial charge on any atom is 0.315 e. The van der Waals surface area contributed by atoms with Crippen molar-refractivity contribution in [3.05, 3.63) is 46.5 Å². The SMILES string of the molecule is CCOC(=O)CS.COC(=O)CSCCN(C)S(=O)(=O)c1c(C)cc(OC)cc1C.COc1cc(C)c(S(=O)(=O)N(C)CCOS(C)(=O)=O)c(C)c1. The van der Waals surface area contributed by atoms with Crippen molar-refractivity contribution in [1.82, 2.24) is 8.61 Å². The highest BCUT2D eigenvalue weighted by atomic mass is 32.2. The number of carbonyl (C=O) groups excluding carboxylic acids is 2. The fraction of sp³-hybridized carbons (Fsp3) is 0.562. The number of likely N-dealkylation sites (N-methyl/N-ethyl adjacent to an activating group) is 1. The van der Waals surface area contributed by atoms with Crippen LogP contribution in [0.25, 0.3) is 0 Å². The zero-order chi connectivity index (χ0) is 40.4. The van der Waals surface area contributed by atoms with Gasteiger partial charge in [0, 0.05) is 32.9 Å². The third-order valence-electron chi connectivity index (χ3n) is 6.81. The molecule has 0 spiro atoms. The van der Waals surface area contributed by atoms with Crippen molar-refractivity contribution in [2.45, 2.75) is 44.4 Å². The molecule has 0 aliphatic heterocycles. The van der Waals surface area contributed by atoms with Gasteiger partial charge in [-0.05, 0) is 81.1 Å². The van der Waals surface area contributed by atoms with Crippen LogP contribution in [0.1, 0.15) is 29.2 Å². The number of benzene rings is 2. The van der Waals surface area contributed by atoms with Crippen LogP contribution in [-0.2, 0) is 53.4 Å². The summed E-state index contributed by atoms with van der Waals surface area (Å²) >= 11 is 5.01. The van der Waals surface area contributed by atoms with Crippen molar-refractivity contribution < 1.29 is 58.0 Å². The van der Waals surface area contributed by atoms with Crippen LogP contribution in [0.3, 0.4) is 0 Å². The van der Waals surface area contributed by atoms with E-state index in [4.69, 9.17) is 9.47 Å². The van der Waals surface area contributed by atoms with E-state index in [9.17, 15) is 34.8 Å². The standard InChI is InChI=1S/C15H23NO5S2.C13H21NO6S2.C4H8O2S/c1-11-8-13(20-4)9-12(2)15(11)23(18,19)16(3)6-7-22-10-14(17)21-5;1-10-8-12(19-4)9-11(2)13(10)22(17,18)14(3)6-7-20-21(5,15)16;1-2-6-4(5)3-7/h8-9H,6-7,10H2,1-5H3;8-9H,6-7H2,1-5H3;7H,2-3H2,1H3. The minimum Gasteiger partial charge on any atom is -0.497 e. The van der Waals surface area contributed by atoms with Gasteiger partial charge in [0.05, 0.1) is 62.1 Å². The molecule has 0 saturated carbocycles. The molecule has 0 atom stereocenters. The van der Waals surface area contributed by atoms with Gasteiger partial charge in [-0.25, -0.2) is 21.1 Å². The third-order valence-corrected chi connectivity index (χ3v) is 12.9. The largest absolute Gasteiger partial charge is 0.497 e. The Balaban J connectivity index is 0.000000846. The van der Waals surface area contributed by atoms with Crippen molar-refractivity contribution in [1.29, 1.82) is 0 Å². The van der Waals surface area contributed by atoms with Crippen molar-refractivity contribution >= 4 is 66.5 Å². The van der Waals surface area contributed by atoms with Crippen LogP contribution in [0.5, 0.6) is 11.5 Å². The van der Waals surface area contributed by atoms with Gasteiger partial charge in [-0.2, -0.15) is 25.4 Å². The number of nitrogens with zero attached hydrogens (tertiary/aromatic N) is 2. The number of aryl methyl sites for hydroxylation is 4. The molecule has 0 aromatic heterocycles.